The van der Waals surface area contributed by atoms with Crippen LogP contribution in [0.25, 0.3) is 0 Å². The highest BCUT2D eigenvalue weighted by molar-refractivity contribution is 5.04. The summed E-state index contributed by atoms with van der Waals surface area (Å²) in [5.41, 5.74) is 0. The van der Waals surface area contributed by atoms with E-state index >= 15 is 0 Å². The molecule has 1 radical (unpaired) electrons. The lowest BCUT2D eigenvalue weighted by atomic mass is 10.1. The first-order valence-corrected chi connectivity index (χ1v) is 7.01. The van der Waals surface area contributed by atoms with Gasteiger partial charge in [0.1, 0.15) is 6.04 Å². The molecule has 0 aromatic carbocycles. The molecule has 0 aliphatic heterocycles. The molecule has 3 nitrogen and oxygen atoms in total. The van der Waals surface area contributed by atoms with Crippen LogP contribution in [0.4, 0.5) is 0 Å². The molecule has 0 aliphatic rings. The van der Waals surface area contributed by atoms with Crippen LogP contribution in [0.5, 0.6) is 0 Å². The third kappa shape index (κ3) is 4.96. The van der Waals surface area contributed by atoms with Gasteiger partial charge in [0.25, 0.3) is 0 Å². The van der Waals surface area contributed by atoms with Gasteiger partial charge in [0.15, 0.2) is 0 Å². The molecule has 0 aromatic heterocycles. The minimum atomic E-state index is -0.158. The zero-order valence-electron chi connectivity index (χ0n) is 13.3. The van der Waals surface area contributed by atoms with Crippen LogP contribution < -0.4 is 0 Å². The van der Waals surface area contributed by atoms with Crippen LogP contribution in [0.2, 0.25) is 0 Å². The second-order valence-electron chi connectivity index (χ2n) is 5.99. The van der Waals surface area contributed by atoms with E-state index in [-0.39, 0.29) is 6.04 Å². The van der Waals surface area contributed by atoms with E-state index < -0.39 is 0 Å². The molecule has 0 aliphatic carbocycles. The van der Waals surface area contributed by atoms with Gasteiger partial charge in [0.2, 0.25) is 0 Å². The zero-order chi connectivity index (χ0) is 14.5. The Morgan fingerprint density at radius 1 is 0.778 bits per heavy atom. The van der Waals surface area contributed by atoms with Gasteiger partial charge >= 0.3 is 0 Å². The minimum Gasteiger partial charge on any atom is -0.291 e. The molecule has 0 rings (SSSR count). The average Bonchev–Trinajstić information content (AvgIpc) is 2.21. The second-order valence-corrected chi connectivity index (χ2v) is 5.99. The summed E-state index contributed by atoms with van der Waals surface area (Å²) < 4.78 is 0. The van der Waals surface area contributed by atoms with Crippen molar-refractivity contribution < 1.29 is 0 Å². The highest BCUT2D eigenvalue weighted by atomic mass is 15.3. The predicted octanol–water partition coefficient (Wildman–Crippen LogP) is 3.28. The summed E-state index contributed by atoms with van der Waals surface area (Å²) in [6.07, 6.45) is 0. The van der Waals surface area contributed by atoms with Crippen LogP contribution in [0, 0.1) is 17.9 Å². The van der Waals surface area contributed by atoms with Crippen molar-refractivity contribution in [3.63, 3.8) is 0 Å². The van der Waals surface area contributed by atoms with Crippen molar-refractivity contribution in [3.8, 4) is 6.07 Å². The fourth-order valence-corrected chi connectivity index (χ4v) is 2.52. The topological polar surface area (TPSA) is 30.3 Å². The number of nitrogens with zero attached hydrogens (tertiary/aromatic N) is 3. The summed E-state index contributed by atoms with van der Waals surface area (Å²) in [5, 5.41) is 9.46. The van der Waals surface area contributed by atoms with Crippen molar-refractivity contribution >= 4 is 0 Å². The average molecular weight is 252 g/mol. The molecular weight excluding hydrogens is 222 g/mol. The fraction of sp³-hybridized carbons (Fsp3) is 0.867. The van der Waals surface area contributed by atoms with E-state index in [4.69, 9.17) is 0 Å². The van der Waals surface area contributed by atoms with Crippen LogP contribution in [-0.2, 0) is 0 Å². The highest BCUT2D eigenvalue weighted by Gasteiger charge is 2.27. The lowest BCUT2D eigenvalue weighted by Gasteiger charge is -2.39. The second kappa shape index (κ2) is 7.76. The number of hydrogen-bond acceptors (Lipinski definition) is 3. The lowest BCUT2D eigenvalue weighted by molar-refractivity contribution is 0.114. The first kappa shape index (κ1) is 17.4. The van der Waals surface area contributed by atoms with Gasteiger partial charge in [-0.05, 0) is 55.4 Å². The monoisotopic (exact) mass is 252 g/mol. The predicted molar refractivity (Wildman–Crippen MR) is 77.9 cm³/mol. The van der Waals surface area contributed by atoms with Crippen LogP contribution in [-0.4, -0.2) is 40.0 Å². The Kier molecular flexibility index (Phi) is 7.51. The van der Waals surface area contributed by atoms with E-state index in [2.05, 4.69) is 77.8 Å². The Labute approximate surface area is 114 Å². The molecule has 0 fully saturated rings. The molecule has 105 valence electrons. The maximum Gasteiger partial charge on any atom is 0.116 e. The molecule has 1 atom stereocenters. The van der Waals surface area contributed by atoms with E-state index in [1.807, 2.05) is 0 Å². The first-order chi connectivity index (χ1) is 8.22. The Balaban J connectivity index is 4.92. The van der Waals surface area contributed by atoms with E-state index in [1.54, 1.807) is 0 Å². The molecule has 0 amide bonds. The molecule has 0 aromatic rings. The maximum absolute atomic E-state index is 9.46. The van der Waals surface area contributed by atoms with Crippen molar-refractivity contribution in [2.24, 2.45) is 0 Å². The molecule has 0 heterocycles. The van der Waals surface area contributed by atoms with E-state index in [0.717, 1.165) is 0 Å². The first-order valence-electron chi connectivity index (χ1n) is 7.01. The van der Waals surface area contributed by atoms with Crippen LogP contribution in [0.15, 0.2) is 0 Å². The van der Waals surface area contributed by atoms with Crippen LogP contribution >= 0.6 is 0 Å². The van der Waals surface area contributed by atoms with Gasteiger partial charge in [-0.1, -0.05) is 0 Å². The lowest BCUT2D eigenvalue weighted by Crippen LogP contribution is -2.49. The summed E-state index contributed by atoms with van der Waals surface area (Å²) in [6, 6.07) is 3.85. The Hall–Kier alpha value is -0.590. The van der Waals surface area contributed by atoms with Gasteiger partial charge in [-0.25, -0.2) is 0 Å². The van der Waals surface area contributed by atoms with Crippen molar-refractivity contribution in [3.05, 3.63) is 6.54 Å². The molecule has 0 bridgehead atoms. The molecule has 1 unspecified atom stereocenters. The van der Waals surface area contributed by atoms with Gasteiger partial charge in [0.05, 0.1) is 12.6 Å². The van der Waals surface area contributed by atoms with E-state index in [0.29, 0.717) is 24.2 Å². The van der Waals surface area contributed by atoms with E-state index in [1.165, 1.54) is 0 Å². The largest absolute Gasteiger partial charge is 0.291 e. The van der Waals surface area contributed by atoms with Crippen molar-refractivity contribution in [1.82, 2.24) is 9.80 Å². The van der Waals surface area contributed by atoms with Crippen molar-refractivity contribution in [2.45, 2.75) is 85.6 Å². The summed E-state index contributed by atoms with van der Waals surface area (Å²) in [7, 11) is 0. The molecule has 0 saturated heterocycles. The fourth-order valence-electron chi connectivity index (χ4n) is 2.52. The standard InChI is InChI=1S/C15H30N3/c1-11(2)17(12(3)4)10-15(9-16)18(13(5)6)14(7)8/h10-15H,1-8H3. The number of nitriles is 1. The third-order valence-electron chi connectivity index (χ3n) is 3.15. The number of hydrogen-bond donors (Lipinski definition) is 0. The number of rotatable bonds is 7. The van der Waals surface area contributed by atoms with Crippen LogP contribution in [0.3, 0.4) is 0 Å². The molecular formula is C15H30N3. The quantitative estimate of drug-likeness (QED) is 0.696. The van der Waals surface area contributed by atoms with Gasteiger partial charge in [-0.2, -0.15) is 5.26 Å². The van der Waals surface area contributed by atoms with Crippen LogP contribution in [0.1, 0.15) is 55.4 Å². The van der Waals surface area contributed by atoms with Gasteiger partial charge in [0, 0.05) is 24.2 Å². The van der Waals surface area contributed by atoms with Gasteiger partial charge < -0.3 is 0 Å². The summed E-state index contributed by atoms with van der Waals surface area (Å²) >= 11 is 0. The van der Waals surface area contributed by atoms with Crippen molar-refractivity contribution in [1.29, 1.82) is 5.26 Å². The molecule has 0 spiro atoms. The molecule has 3 heteroatoms. The Bertz CT molecular complexity index is 247. The molecule has 0 saturated carbocycles. The smallest absolute Gasteiger partial charge is 0.116 e. The Morgan fingerprint density at radius 2 is 1.17 bits per heavy atom. The highest BCUT2D eigenvalue weighted by Crippen LogP contribution is 2.17. The normalized spacial score (nSPS) is 14.3. The Morgan fingerprint density at radius 3 is 1.39 bits per heavy atom. The summed E-state index contributed by atoms with van der Waals surface area (Å²) in [4.78, 5) is 4.52. The van der Waals surface area contributed by atoms with Crippen molar-refractivity contribution in [2.75, 3.05) is 0 Å². The summed E-state index contributed by atoms with van der Waals surface area (Å²) in [5.74, 6) is 0. The molecule has 0 N–H and O–H groups in total. The van der Waals surface area contributed by atoms with Gasteiger partial charge in [-0.3, -0.25) is 9.80 Å². The zero-order valence-corrected chi connectivity index (χ0v) is 13.3. The summed E-state index contributed by atoms with van der Waals surface area (Å²) in [6.45, 7) is 19.3. The SMILES string of the molecule is CC(C)N([CH]C(C#N)N(C(C)C)C(C)C)C(C)C. The minimum absolute atomic E-state index is 0.158. The third-order valence-corrected chi connectivity index (χ3v) is 3.15. The van der Waals surface area contributed by atoms with E-state index in [9.17, 15) is 5.26 Å². The molecule has 18 heavy (non-hydrogen) atoms. The maximum atomic E-state index is 9.46. The van der Waals surface area contributed by atoms with Gasteiger partial charge in [-0.15, -0.1) is 0 Å².